The molecule has 32 heavy (non-hydrogen) atoms. The van der Waals surface area contributed by atoms with Gasteiger partial charge in [0.15, 0.2) is 0 Å². The zero-order valence-corrected chi connectivity index (χ0v) is 19.1. The summed E-state index contributed by atoms with van der Waals surface area (Å²) in [5.74, 6) is -0.203. The van der Waals surface area contributed by atoms with E-state index in [-0.39, 0.29) is 22.8 Å². The molecule has 0 spiro atoms. The molecule has 0 aromatic carbocycles. The highest BCUT2D eigenvalue weighted by atomic mass is 32.2. The number of nitrogens with one attached hydrogen (secondary N) is 1. The lowest BCUT2D eigenvalue weighted by Gasteiger charge is -2.43. The third kappa shape index (κ3) is 5.33. The summed E-state index contributed by atoms with van der Waals surface area (Å²) < 4.78 is 28.1. The second-order valence-corrected chi connectivity index (χ2v) is 10.5. The molecule has 0 saturated carbocycles. The molecular formula is C23H31N5O3S. The van der Waals surface area contributed by atoms with E-state index in [4.69, 9.17) is 0 Å². The van der Waals surface area contributed by atoms with Crippen LogP contribution in [0.4, 0.5) is 0 Å². The summed E-state index contributed by atoms with van der Waals surface area (Å²) >= 11 is 0. The number of carbonyl (C=O) groups excluding carboxylic acids is 1. The Bertz CT molecular complexity index is 987. The Kier molecular flexibility index (Phi) is 7.49. The van der Waals surface area contributed by atoms with Crippen molar-refractivity contribution in [3.05, 3.63) is 54.6 Å². The molecule has 1 amide bonds. The number of fused-ring (bicyclic) bond motifs is 1. The summed E-state index contributed by atoms with van der Waals surface area (Å²) in [7, 11) is -3.67. The molecule has 0 radical (unpaired) electrons. The van der Waals surface area contributed by atoms with E-state index >= 15 is 0 Å². The highest BCUT2D eigenvalue weighted by Crippen LogP contribution is 2.29. The molecule has 2 aliphatic heterocycles. The summed E-state index contributed by atoms with van der Waals surface area (Å²) in [6.45, 7) is 2.80. The average molecular weight is 458 g/mol. The van der Waals surface area contributed by atoms with E-state index in [1.165, 1.54) is 10.5 Å². The van der Waals surface area contributed by atoms with Crippen molar-refractivity contribution in [1.82, 2.24) is 24.5 Å². The SMILES string of the molecule is O=C1NCCCCCCN(Cc2ccncc2)[C@@H]2CN(S(=O)(=O)c3cccnc3)CC[C@H]12. The molecule has 0 aliphatic carbocycles. The first-order chi connectivity index (χ1) is 15.6. The summed E-state index contributed by atoms with van der Waals surface area (Å²) in [5, 5.41) is 3.10. The zero-order chi connectivity index (χ0) is 22.4. The van der Waals surface area contributed by atoms with Gasteiger partial charge >= 0.3 is 0 Å². The molecule has 0 unspecified atom stereocenters. The van der Waals surface area contributed by atoms with Crippen LogP contribution in [0.3, 0.4) is 0 Å². The third-order valence-corrected chi connectivity index (χ3v) is 8.28. The van der Waals surface area contributed by atoms with Crippen LogP contribution >= 0.6 is 0 Å². The first kappa shape index (κ1) is 22.8. The molecule has 172 valence electrons. The van der Waals surface area contributed by atoms with Crippen molar-refractivity contribution in [2.45, 2.75) is 49.6 Å². The summed E-state index contributed by atoms with van der Waals surface area (Å²) in [6, 6.07) is 6.98. The van der Waals surface area contributed by atoms with Crippen LogP contribution in [0.5, 0.6) is 0 Å². The molecule has 8 nitrogen and oxygen atoms in total. The van der Waals surface area contributed by atoms with E-state index in [0.717, 1.165) is 37.8 Å². The van der Waals surface area contributed by atoms with E-state index in [1.54, 1.807) is 30.7 Å². The molecular weight excluding hydrogens is 426 g/mol. The predicted octanol–water partition coefficient (Wildman–Crippen LogP) is 2.05. The zero-order valence-electron chi connectivity index (χ0n) is 18.3. The van der Waals surface area contributed by atoms with Crippen LogP contribution in [0.25, 0.3) is 0 Å². The predicted molar refractivity (Wildman–Crippen MR) is 121 cm³/mol. The normalized spacial score (nSPS) is 24.2. The lowest BCUT2D eigenvalue weighted by molar-refractivity contribution is -0.129. The molecule has 2 aromatic rings. The summed E-state index contributed by atoms with van der Waals surface area (Å²) in [5.41, 5.74) is 1.11. The lowest BCUT2D eigenvalue weighted by Crippen LogP contribution is -2.57. The molecule has 1 N–H and O–H groups in total. The van der Waals surface area contributed by atoms with Gasteiger partial charge in [0.05, 0.1) is 5.92 Å². The van der Waals surface area contributed by atoms with Gasteiger partial charge in [-0.25, -0.2) is 8.42 Å². The van der Waals surface area contributed by atoms with Gasteiger partial charge in [0.25, 0.3) is 0 Å². The second-order valence-electron chi connectivity index (χ2n) is 8.55. The monoisotopic (exact) mass is 457 g/mol. The Morgan fingerprint density at radius 1 is 1.00 bits per heavy atom. The second kappa shape index (κ2) is 10.5. The van der Waals surface area contributed by atoms with E-state index in [0.29, 0.717) is 32.6 Å². The highest BCUT2D eigenvalue weighted by Gasteiger charge is 2.41. The van der Waals surface area contributed by atoms with Crippen LogP contribution in [0.1, 0.15) is 37.7 Å². The van der Waals surface area contributed by atoms with Crippen LogP contribution in [0.2, 0.25) is 0 Å². The van der Waals surface area contributed by atoms with Gasteiger partial charge in [-0.15, -0.1) is 0 Å². The van der Waals surface area contributed by atoms with Gasteiger partial charge in [-0.3, -0.25) is 19.7 Å². The lowest BCUT2D eigenvalue weighted by atomic mass is 9.90. The standard InChI is InChI=1S/C23H31N5O3S/c29-23-21-9-15-28(32(30,31)20-6-5-10-25-16-20)18-22(21)27(14-4-2-1-3-11-26-23)17-19-7-12-24-13-8-19/h5-8,10,12-13,16,21-22H,1-4,9,11,14-15,17-18H2,(H,26,29)/t21-,22+/m0/s1. The quantitative estimate of drug-likeness (QED) is 0.755. The van der Waals surface area contributed by atoms with Crippen molar-refractivity contribution in [2.75, 3.05) is 26.2 Å². The number of aromatic nitrogens is 2. The number of rotatable bonds is 4. The van der Waals surface area contributed by atoms with Crippen LogP contribution in [-0.4, -0.2) is 65.7 Å². The highest BCUT2D eigenvalue weighted by molar-refractivity contribution is 7.89. The van der Waals surface area contributed by atoms with Crippen molar-refractivity contribution in [1.29, 1.82) is 0 Å². The fourth-order valence-electron chi connectivity index (χ4n) is 4.67. The number of hydrogen-bond acceptors (Lipinski definition) is 6. The Labute approximate surface area is 190 Å². The number of piperidine rings is 1. The largest absolute Gasteiger partial charge is 0.356 e. The van der Waals surface area contributed by atoms with Crippen molar-refractivity contribution < 1.29 is 13.2 Å². The number of hydrogen-bond donors (Lipinski definition) is 1. The molecule has 2 aromatic heterocycles. The molecule has 2 aliphatic rings. The number of sulfonamides is 1. The van der Waals surface area contributed by atoms with Crippen LogP contribution in [0.15, 0.2) is 53.9 Å². The number of pyridine rings is 2. The van der Waals surface area contributed by atoms with E-state index < -0.39 is 10.0 Å². The van der Waals surface area contributed by atoms with E-state index in [1.807, 2.05) is 12.1 Å². The minimum atomic E-state index is -3.67. The van der Waals surface area contributed by atoms with Crippen LogP contribution in [-0.2, 0) is 21.4 Å². The van der Waals surface area contributed by atoms with Gasteiger partial charge in [0, 0.05) is 57.0 Å². The van der Waals surface area contributed by atoms with Gasteiger partial charge in [0.1, 0.15) is 4.90 Å². The first-order valence-corrected chi connectivity index (χ1v) is 12.8. The molecule has 4 rings (SSSR count). The van der Waals surface area contributed by atoms with Crippen molar-refractivity contribution in [3.63, 3.8) is 0 Å². The minimum Gasteiger partial charge on any atom is -0.356 e. The Morgan fingerprint density at radius 2 is 1.81 bits per heavy atom. The Balaban J connectivity index is 1.63. The number of carbonyl (C=O) groups is 1. The number of nitrogens with zero attached hydrogens (tertiary/aromatic N) is 4. The molecule has 9 heteroatoms. The van der Waals surface area contributed by atoms with Gasteiger partial charge in [-0.1, -0.05) is 12.8 Å². The number of amides is 1. The summed E-state index contributed by atoms with van der Waals surface area (Å²) in [6.07, 6.45) is 11.2. The van der Waals surface area contributed by atoms with Crippen molar-refractivity contribution in [2.24, 2.45) is 5.92 Å². The van der Waals surface area contributed by atoms with Crippen LogP contribution < -0.4 is 5.32 Å². The van der Waals surface area contributed by atoms with Crippen molar-refractivity contribution >= 4 is 15.9 Å². The smallest absolute Gasteiger partial charge is 0.244 e. The maximum Gasteiger partial charge on any atom is 0.244 e. The molecule has 2 atom stereocenters. The molecule has 2 fully saturated rings. The van der Waals surface area contributed by atoms with Gasteiger partial charge in [-0.2, -0.15) is 4.31 Å². The first-order valence-electron chi connectivity index (χ1n) is 11.4. The fourth-order valence-corrected chi connectivity index (χ4v) is 6.10. The van der Waals surface area contributed by atoms with E-state index in [9.17, 15) is 13.2 Å². The van der Waals surface area contributed by atoms with Gasteiger partial charge in [0.2, 0.25) is 15.9 Å². The van der Waals surface area contributed by atoms with E-state index in [2.05, 4.69) is 20.2 Å². The maximum absolute atomic E-state index is 13.3. The molecule has 4 heterocycles. The Morgan fingerprint density at radius 3 is 2.59 bits per heavy atom. The maximum atomic E-state index is 13.3. The molecule has 0 bridgehead atoms. The topological polar surface area (TPSA) is 95.5 Å². The minimum absolute atomic E-state index is 0.0371. The Hall–Kier alpha value is -2.36. The van der Waals surface area contributed by atoms with Gasteiger partial charge in [-0.05, 0) is 55.6 Å². The average Bonchev–Trinajstić information content (AvgIpc) is 2.86. The summed E-state index contributed by atoms with van der Waals surface area (Å²) in [4.78, 5) is 23.7. The van der Waals surface area contributed by atoms with Crippen molar-refractivity contribution in [3.8, 4) is 0 Å². The van der Waals surface area contributed by atoms with Crippen LogP contribution in [0, 0.1) is 5.92 Å². The fraction of sp³-hybridized carbons (Fsp3) is 0.522. The van der Waals surface area contributed by atoms with Gasteiger partial charge < -0.3 is 5.32 Å². The molecule has 2 saturated heterocycles. The third-order valence-electron chi connectivity index (χ3n) is 6.43.